The molecule has 2 aromatic heterocycles. The van der Waals surface area contributed by atoms with E-state index in [1.807, 2.05) is 16.8 Å². The maximum atomic E-state index is 4.39. The maximum absolute atomic E-state index is 4.39. The standard InChI is InChI=1S/C17H24N8/c1-17(2,3)25-16(19-20-22-25)12-23-10-8-13(9-11-23)24-15-7-5-4-6-14(15)18-21-24/h4-7,13H,8-12H2,1-3H3/p+1. The van der Waals surface area contributed by atoms with Gasteiger partial charge in [0.2, 0.25) is 5.82 Å². The van der Waals surface area contributed by atoms with Crippen molar-refractivity contribution in [2.24, 2.45) is 0 Å². The number of rotatable bonds is 3. The van der Waals surface area contributed by atoms with Crippen molar-refractivity contribution in [3.8, 4) is 0 Å². The molecule has 8 heteroatoms. The minimum absolute atomic E-state index is 0.0871. The van der Waals surface area contributed by atoms with Gasteiger partial charge in [0, 0.05) is 12.8 Å². The number of likely N-dealkylation sites (tertiary alicyclic amines) is 1. The molecule has 132 valence electrons. The topological polar surface area (TPSA) is 78.8 Å². The van der Waals surface area contributed by atoms with Crippen LogP contribution in [0.1, 0.15) is 45.5 Å². The normalized spacial score (nSPS) is 21.7. The number of tetrazole rings is 1. The van der Waals surface area contributed by atoms with Gasteiger partial charge in [-0.2, -0.15) is 0 Å². The van der Waals surface area contributed by atoms with Gasteiger partial charge in [-0.25, -0.2) is 9.36 Å². The molecule has 0 atom stereocenters. The van der Waals surface area contributed by atoms with Crippen molar-refractivity contribution in [1.29, 1.82) is 0 Å². The van der Waals surface area contributed by atoms with E-state index < -0.39 is 0 Å². The van der Waals surface area contributed by atoms with Crippen LogP contribution in [-0.4, -0.2) is 48.3 Å². The third kappa shape index (κ3) is 3.13. The van der Waals surface area contributed by atoms with E-state index >= 15 is 0 Å². The molecule has 25 heavy (non-hydrogen) atoms. The summed E-state index contributed by atoms with van der Waals surface area (Å²) in [6, 6.07) is 8.61. The van der Waals surface area contributed by atoms with Crippen molar-refractivity contribution in [2.45, 2.75) is 51.7 Å². The van der Waals surface area contributed by atoms with Crippen LogP contribution in [0.25, 0.3) is 11.0 Å². The quantitative estimate of drug-likeness (QED) is 0.754. The van der Waals surface area contributed by atoms with Gasteiger partial charge in [-0.1, -0.05) is 17.3 Å². The number of nitrogens with one attached hydrogen (secondary N) is 1. The maximum Gasteiger partial charge on any atom is 0.206 e. The van der Waals surface area contributed by atoms with Crippen molar-refractivity contribution in [3.63, 3.8) is 0 Å². The van der Waals surface area contributed by atoms with Crippen LogP contribution >= 0.6 is 0 Å². The lowest BCUT2D eigenvalue weighted by molar-refractivity contribution is -0.920. The van der Waals surface area contributed by atoms with Crippen molar-refractivity contribution < 1.29 is 4.90 Å². The highest BCUT2D eigenvalue weighted by atomic mass is 15.6. The van der Waals surface area contributed by atoms with Crippen LogP contribution in [0.3, 0.4) is 0 Å². The molecule has 0 amide bonds. The fourth-order valence-corrected chi connectivity index (χ4v) is 3.65. The molecule has 0 aliphatic carbocycles. The summed E-state index contributed by atoms with van der Waals surface area (Å²) in [6.45, 7) is 9.44. The Hall–Kier alpha value is -2.35. The zero-order valence-electron chi connectivity index (χ0n) is 15.1. The summed E-state index contributed by atoms with van der Waals surface area (Å²) in [5.41, 5.74) is 2.02. The fraction of sp³-hybridized carbons (Fsp3) is 0.588. The van der Waals surface area contributed by atoms with Crippen LogP contribution < -0.4 is 4.90 Å². The summed E-state index contributed by atoms with van der Waals surface area (Å²) in [6.07, 6.45) is 2.19. The molecule has 0 spiro atoms. The zero-order chi connectivity index (χ0) is 17.4. The predicted molar refractivity (Wildman–Crippen MR) is 93.0 cm³/mol. The summed E-state index contributed by atoms with van der Waals surface area (Å²) in [5.74, 6) is 0.965. The van der Waals surface area contributed by atoms with Crippen molar-refractivity contribution in [3.05, 3.63) is 30.1 Å². The predicted octanol–water partition coefficient (Wildman–Crippen LogP) is 0.593. The number of nitrogens with zero attached hydrogens (tertiary/aromatic N) is 7. The highest BCUT2D eigenvalue weighted by molar-refractivity contribution is 5.73. The molecule has 1 aromatic carbocycles. The SMILES string of the molecule is CC(C)(C)n1nnnc1C[NH+]1CCC(n2nnc3ccccc32)CC1. The van der Waals surface area contributed by atoms with Gasteiger partial charge in [-0.05, 0) is 43.3 Å². The average molecular weight is 341 g/mol. The van der Waals surface area contributed by atoms with Crippen molar-refractivity contribution in [2.75, 3.05) is 13.1 Å². The molecule has 0 bridgehead atoms. The van der Waals surface area contributed by atoms with E-state index in [0.717, 1.165) is 49.3 Å². The first kappa shape index (κ1) is 16.1. The molecule has 0 radical (unpaired) electrons. The molecule has 1 N–H and O–H groups in total. The molecule has 1 saturated heterocycles. The minimum atomic E-state index is -0.0871. The fourth-order valence-electron chi connectivity index (χ4n) is 3.65. The Balaban J connectivity index is 1.43. The van der Waals surface area contributed by atoms with E-state index in [2.05, 4.69) is 63.4 Å². The van der Waals surface area contributed by atoms with E-state index in [1.54, 1.807) is 0 Å². The van der Waals surface area contributed by atoms with Crippen LogP contribution in [0.15, 0.2) is 24.3 Å². The largest absolute Gasteiger partial charge is 0.328 e. The molecule has 0 saturated carbocycles. The van der Waals surface area contributed by atoms with Crippen LogP contribution in [0.4, 0.5) is 0 Å². The van der Waals surface area contributed by atoms with Crippen LogP contribution in [0.5, 0.6) is 0 Å². The monoisotopic (exact) mass is 341 g/mol. The van der Waals surface area contributed by atoms with Gasteiger partial charge in [0.15, 0.2) is 0 Å². The smallest absolute Gasteiger partial charge is 0.206 e. The number of hydrogen-bond acceptors (Lipinski definition) is 5. The summed E-state index contributed by atoms with van der Waals surface area (Å²) in [7, 11) is 0. The Kier molecular flexibility index (Phi) is 3.99. The Morgan fingerprint density at radius 1 is 1.08 bits per heavy atom. The van der Waals surface area contributed by atoms with Gasteiger partial charge in [-0.3, -0.25) is 0 Å². The van der Waals surface area contributed by atoms with Crippen LogP contribution in [0.2, 0.25) is 0 Å². The molecular weight excluding hydrogens is 316 g/mol. The second kappa shape index (κ2) is 6.18. The molecule has 1 fully saturated rings. The number of hydrogen-bond donors (Lipinski definition) is 1. The molecule has 8 nitrogen and oxygen atoms in total. The van der Waals surface area contributed by atoms with Crippen LogP contribution in [0, 0.1) is 0 Å². The van der Waals surface area contributed by atoms with Crippen LogP contribution in [-0.2, 0) is 12.1 Å². The van der Waals surface area contributed by atoms with Crippen molar-refractivity contribution in [1.82, 2.24) is 35.2 Å². The molecule has 3 heterocycles. The summed E-state index contributed by atoms with van der Waals surface area (Å²) in [4.78, 5) is 1.53. The number of benzene rings is 1. The molecular formula is C17H25N8+. The molecule has 1 aliphatic rings. The highest BCUT2D eigenvalue weighted by Crippen LogP contribution is 2.21. The Bertz CT molecular complexity index is 851. The molecule has 0 unspecified atom stereocenters. The van der Waals surface area contributed by atoms with E-state index in [9.17, 15) is 0 Å². The molecule has 1 aliphatic heterocycles. The van der Waals surface area contributed by atoms with E-state index in [1.165, 1.54) is 4.90 Å². The Morgan fingerprint density at radius 2 is 1.84 bits per heavy atom. The Morgan fingerprint density at radius 3 is 2.60 bits per heavy atom. The molecule has 3 aromatic rings. The number of para-hydroxylation sites is 1. The summed E-state index contributed by atoms with van der Waals surface area (Å²) in [5, 5.41) is 20.9. The van der Waals surface area contributed by atoms with Gasteiger partial charge in [0.25, 0.3) is 0 Å². The second-order valence-corrected chi connectivity index (χ2v) is 7.86. The number of piperidine rings is 1. The molecule has 4 rings (SSSR count). The van der Waals surface area contributed by atoms with Gasteiger partial charge >= 0.3 is 0 Å². The van der Waals surface area contributed by atoms with E-state index in [0.29, 0.717) is 6.04 Å². The van der Waals surface area contributed by atoms with Gasteiger partial charge < -0.3 is 4.90 Å². The lowest BCUT2D eigenvalue weighted by Gasteiger charge is -2.29. The first-order chi connectivity index (χ1) is 12.0. The Labute approximate surface area is 146 Å². The van der Waals surface area contributed by atoms with Gasteiger partial charge in [-0.15, -0.1) is 10.2 Å². The van der Waals surface area contributed by atoms with Crippen molar-refractivity contribution >= 4 is 11.0 Å². The highest BCUT2D eigenvalue weighted by Gasteiger charge is 2.28. The average Bonchev–Trinajstić information content (AvgIpc) is 3.22. The van der Waals surface area contributed by atoms with E-state index in [-0.39, 0.29) is 5.54 Å². The first-order valence-corrected chi connectivity index (χ1v) is 8.93. The summed E-state index contributed by atoms with van der Waals surface area (Å²) >= 11 is 0. The van der Waals surface area contributed by atoms with Gasteiger partial charge in [0.1, 0.15) is 12.1 Å². The second-order valence-electron chi connectivity index (χ2n) is 7.86. The van der Waals surface area contributed by atoms with E-state index in [4.69, 9.17) is 0 Å². The summed E-state index contributed by atoms with van der Waals surface area (Å²) < 4.78 is 4.04. The number of aromatic nitrogens is 7. The third-order valence-electron chi connectivity index (χ3n) is 4.96. The number of fused-ring (bicyclic) bond motifs is 1. The number of quaternary nitrogens is 1. The lowest BCUT2D eigenvalue weighted by Crippen LogP contribution is -3.11. The zero-order valence-corrected chi connectivity index (χ0v) is 15.1. The first-order valence-electron chi connectivity index (χ1n) is 8.93. The minimum Gasteiger partial charge on any atom is -0.328 e. The van der Waals surface area contributed by atoms with Gasteiger partial charge in [0.05, 0.1) is 30.2 Å². The lowest BCUT2D eigenvalue weighted by atomic mass is 10.0. The third-order valence-corrected chi connectivity index (χ3v) is 4.96.